The van der Waals surface area contributed by atoms with Gasteiger partial charge in [-0.25, -0.2) is 9.97 Å². The van der Waals surface area contributed by atoms with Gasteiger partial charge in [0.25, 0.3) is 0 Å². The van der Waals surface area contributed by atoms with Crippen LogP contribution in [0.15, 0.2) is 42.9 Å². The van der Waals surface area contributed by atoms with Gasteiger partial charge in [-0.05, 0) is 17.6 Å². The first-order valence-corrected chi connectivity index (χ1v) is 11.2. The molecule has 5 N–H and O–H groups in total. The summed E-state index contributed by atoms with van der Waals surface area (Å²) in [6.45, 7) is 1.73. The standard InChI is InChI=1S/C21H29N5O3S/c1-30-12-17(18(28)10-27)8-23-7-16-9-26(20-19(16)24-13-25-21(20)22)14-29-11-15-5-3-2-4-6-15/h2-6,9,13,17-18,23,27-28H,7-8,10-12,14H2,1H3,(H2,22,24,25)/t17-,18+/m1/s1. The number of nitrogens with one attached hydrogen (secondary N) is 1. The van der Waals surface area contributed by atoms with Gasteiger partial charge in [0.2, 0.25) is 0 Å². The SMILES string of the molecule is CSC[C@@H](CNCc1cn(COCc2ccccc2)c2c(N)ncnc12)[C@@H](O)CO. The number of fused-ring (bicyclic) bond motifs is 1. The average molecular weight is 432 g/mol. The molecule has 3 rings (SSSR count). The normalized spacial score (nSPS) is 13.6. The first kappa shape index (κ1) is 22.5. The second-order valence-corrected chi connectivity index (χ2v) is 8.05. The van der Waals surface area contributed by atoms with E-state index in [0.717, 1.165) is 27.9 Å². The molecule has 0 bridgehead atoms. The molecule has 0 radical (unpaired) electrons. The minimum absolute atomic E-state index is 0.0350. The molecule has 8 nitrogen and oxygen atoms in total. The molecule has 0 unspecified atom stereocenters. The molecule has 0 spiro atoms. The molecule has 0 aliphatic heterocycles. The summed E-state index contributed by atoms with van der Waals surface area (Å²) >= 11 is 1.65. The maximum atomic E-state index is 9.99. The van der Waals surface area contributed by atoms with Crippen LogP contribution in [0.4, 0.5) is 5.82 Å². The minimum atomic E-state index is -0.740. The van der Waals surface area contributed by atoms with E-state index in [-0.39, 0.29) is 12.5 Å². The maximum absolute atomic E-state index is 9.99. The van der Waals surface area contributed by atoms with Gasteiger partial charge < -0.3 is 30.6 Å². The monoisotopic (exact) mass is 431 g/mol. The summed E-state index contributed by atoms with van der Waals surface area (Å²) in [5.74, 6) is 1.14. The number of rotatable bonds is 12. The summed E-state index contributed by atoms with van der Waals surface area (Å²) in [5, 5.41) is 22.6. The lowest BCUT2D eigenvalue weighted by atomic mass is 10.1. The van der Waals surface area contributed by atoms with Crippen molar-refractivity contribution in [1.29, 1.82) is 0 Å². The van der Waals surface area contributed by atoms with Crippen LogP contribution in [-0.4, -0.2) is 56.0 Å². The molecule has 9 heteroatoms. The number of aliphatic hydroxyl groups excluding tert-OH is 2. The van der Waals surface area contributed by atoms with Crippen LogP contribution in [0.5, 0.6) is 0 Å². The number of anilines is 1. The Kier molecular flexibility index (Phi) is 8.47. The summed E-state index contributed by atoms with van der Waals surface area (Å²) in [4.78, 5) is 8.53. The summed E-state index contributed by atoms with van der Waals surface area (Å²) in [6.07, 6.45) is 4.68. The van der Waals surface area contributed by atoms with Crippen molar-refractivity contribution >= 4 is 28.6 Å². The Bertz CT molecular complexity index is 922. The number of benzene rings is 1. The van der Waals surface area contributed by atoms with E-state index in [9.17, 15) is 10.2 Å². The number of aromatic nitrogens is 3. The van der Waals surface area contributed by atoms with Gasteiger partial charge >= 0.3 is 0 Å². The first-order valence-electron chi connectivity index (χ1n) is 9.82. The Morgan fingerprint density at radius 3 is 2.80 bits per heavy atom. The third-order valence-electron chi connectivity index (χ3n) is 4.93. The van der Waals surface area contributed by atoms with Crippen LogP contribution in [-0.2, 0) is 24.6 Å². The molecule has 2 aromatic heterocycles. The van der Waals surface area contributed by atoms with Crippen LogP contribution in [0.2, 0.25) is 0 Å². The van der Waals surface area contributed by atoms with Crippen LogP contribution in [0.25, 0.3) is 11.0 Å². The van der Waals surface area contributed by atoms with Crippen molar-refractivity contribution in [2.24, 2.45) is 5.92 Å². The third-order valence-corrected chi connectivity index (χ3v) is 5.69. The van der Waals surface area contributed by atoms with Gasteiger partial charge in [0.1, 0.15) is 18.6 Å². The summed E-state index contributed by atoms with van der Waals surface area (Å²) in [6, 6.07) is 9.98. The molecular weight excluding hydrogens is 402 g/mol. The van der Waals surface area contributed by atoms with Gasteiger partial charge in [-0.3, -0.25) is 0 Å². The van der Waals surface area contributed by atoms with Crippen molar-refractivity contribution in [3.63, 3.8) is 0 Å². The first-order chi connectivity index (χ1) is 14.6. The predicted molar refractivity (Wildman–Crippen MR) is 120 cm³/mol. The molecule has 0 aliphatic rings. The molecule has 0 amide bonds. The second-order valence-electron chi connectivity index (χ2n) is 7.14. The van der Waals surface area contributed by atoms with Crippen molar-refractivity contribution in [3.8, 4) is 0 Å². The van der Waals surface area contributed by atoms with E-state index < -0.39 is 6.10 Å². The quantitative estimate of drug-likeness (QED) is 0.342. The van der Waals surface area contributed by atoms with Crippen molar-refractivity contribution in [3.05, 3.63) is 54.0 Å². The third kappa shape index (κ3) is 5.71. The van der Waals surface area contributed by atoms with E-state index in [1.807, 2.05) is 47.4 Å². The Hall–Kier alpha value is -2.17. The van der Waals surface area contributed by atoms with Crippen LogP contribution in [0.3, 0.4) is 0 Å². The minimum Gasteiger partial charge on any atom is -0.394 e. The van der Waals surface area contributed by atoms with Gasteiger partial charge in [-0.2, -0.15) is 11.8 Å². The number of hydrogen-bond donors (Lipinski definition) is 4. The number of aliphatic hydroxyl groups is 2. The number of hydrogen-bond acceptors (Lipinski definition) is 8. The van der Waals surface area contributed by atoms with Crippen LogP contribution >= 0.6 is 11.8 Å². The molecule has 0 saturated carbocycles. The van der Waals surface area contributed by atoms with E-state index in [0.29, 0.717) is 32.2 Å². The fraction of sp³-hybridized carbons (Fsp3) is 0.429. The second kappa shape index (κ2) is 11.3. The zero-order valence-electron chi connectivity index (χ0n) is 17.1. The maximum Gasteiger partial charge on any atom is 0.151 e. The van der Waals surface area contributed by atoms with Crippen LogP contribution in [0.1, 0.15) is 11.1 Å². The van der Waals surface area contributed by atoms with Crippen molar-refractivity contribution in [2.45, 2.75) is 26.0 Å². The highest BCUT2D eigenvalue weighted by Gasteiger charge is 2.18. The van der Waals surface area contributed by atoms with E-state index in [1.54, 1.807) is 11.8 Å². The number of nitrogen functional groups attached to an aromatic ring is 1. The fourth-order valence-corrected chi connectivity index (χ4v) is 4.12. The fourth-order valence-electron chi connectivity index (χ4n) is 3.35. The van der Waals surface area contributed by atoms with Gasteiger partial charge in [0.05, 0.1) is 24.8 Å². The highest BCUT2D eigenvalue weighted by molar-refractivity contribution is 7.98. The van der Waals surface area contributed by atoms with Crippen molar-refractivity contribution in [2.75, 3.05) is 30.9 Å². The zero-order valence-corrected chi connectivity index (χ0v) is 17.9. The Balaban J connectivity index is 1.68. The van der Waals surface area contributed by atoms with Crippen molar-refractivity contribution in [1.82, 2.24) is 19.9 Å². The molecule has 0 saturated heterocycles. The summed E-state index contributed by atoms with van der Waals surface area (Å²) in [5.41, 5.74) is 9.72. The number of ether oxygens (including phenoxy) is 1. The Morgan fingerprint density at radius 1 is 1.27 bits per heavy atom. The van der Waals surface area contributed by atoms with Gasteiger partial charge in [0, 0.05) is 30.8 Å². The lowest BCUT2D eigenvalue weighted by Crippen LogP contribution is -2.35. The van der Waals surface area contributed by atoms with Gasteiger partial charge in [-0.15, -0.1) is 0 Å². The zero-order chi connectivity index (χ0) is 21.3. The predicted octanol–water partition coefficient (Wildman–Crippen LogP) is 1.61. The molecule has 0 fully saturated rings. The molecule has 3 aromatic rings. The van der Waals surface area contributed by atoms with E-state index in [1.165, 1.54) is 6.33 Å². The summed E-state index contributed by atoms with van der Waals surface area (Å²) < 4.78 is 7.79. The molecule has 1 aromatic carbocycles. The lowest BCUT2D eigenvalue weighted by Gasteiger charge is -2.20. The molecule has 162 valence electrons. The van der Waals surface area contributed by atoms with Gasteiger partial charge in [0.15, 0.2) is 5.82 Å². The number of thioether (sulfide) groups is 1. The molecular formula is C21H29N5O3S. The average Bonchev–Trinajstić information content (AvgIpc) is 3.12. The van der Waals surface area contributed by atoms with Gasteiger partial charge in [-0.1, -0.05) is 30.3 Å². The van der Waals surface area contributed by atoms with E-state index in [2.05, 4.69) is 15.3 Å². The van der Waals surface area contributed by atoms with Crippen LogP contribution < -0.4 is 11.1 Å². The Labute approximate surface area is 180 Å². The lowest BCUT2D eigenvalue weighted by molar-refractivity contribution is 0.0549. The highest BCUT2D eigenvalue weighted by atomic mass is 32.2. The highest BCUT2D eigenvalue weighted by Crippen LogP contribution is 2.23. The number of nitrogens with two attached hydrogens (primary N) is 1. The van der Waals surface area contributed by atoms with Crippen LogP contribution in [0, 0.1) is 5.92 Å². The molecule has 2 atom stereocenters. The largest absolute Gasteiger partial charge is 0.394 e. The molecule has 30 heavy (non-hydrogen) atoms. The van der Waals surface area contributed by atoms with Crippen molar-refractivity contribution < 1.29 is 14.9 Å². The van der Waals surface area contributed by atoms with E-state index in [4.69, 9.17) is 10.5 Å². The molecule has 2 heterocycles. The Morgan fingerprint density at radius 2 is 2.07 bits per heavy atom. The topological polar surface area (TPSA) is 118 Å². The number of nitrogens with zero attached hydrogens (tertiary/aromatic N) is 3. The smallest absolute Gasteiger partial charge is 0.151 e. The summed E-state index contributed by atoms with van der Waals surface area (Å²) in [7, 11) is 0. The molecule has 0 aliphatic carbocycles. The van der Waals surface area contributed by atoms with E-state index >= 15 is 0 Å².